The third-order valence-corrected chi connectivity index (χ3v) is 4.95. The van der Waals surface area contributed by atoms with Gasteiger partial charge in [-0.25, -0.2) is 13.2 Å². The Morgan fingerprint density at radius 1 is 1.34 bits per heavy atom. The molecule has 12 heteroatoms. The summed E-state index contributed by atoms with van der Waals surface area (Å²) in [4.78, 5) is 31.4. The molecule has 1 fully saturated rings. The number of aromatic amines is 1. The molecule has 3 atom stereocenters. The number of nitrogens with zero attached hydrogens (tertiary/aromatic N) is 1. The first-order valence-electron chi connectivity index (χ1n) is 8.46. The van der Waals surface area contributed by atoms with E-state index in [0.717, 1.165) is 9.98 Å². The Balaban J connectivity index is 1.56. The minimum atomic E-state index is -3.91. The van der Waals surface area contributed by atoms with Crippen LogP contribution in [0, 0.1) is 5.82 Å². The molecule has 2 aromatic rings. The number of halogens is 1. The molecule has 3 N–H and O–H groups in total. The topological polar surface area (TPSA) is 140 Å². The molecule has 0 amide bonds. The Hall–Kier alpha value is -2.64. The molecule has 10 nitrogen and oxygen atoms in total. The van der Waals surface area contributed by atoms with E-state index in [9.17, 15) is 27.5 Å². The quantitative estimate of drug-likeness (QED) is 0.522. The fraction of sp³-hybridized carbons (Fsp3) is 0.294. The van der Waals surface area contributed by atoms with Crippen molar-refractivity contribution in [2.24, 2.45) is 0 Å². The lowest BCUT2D eigenvalue weighted by atomic mass is 10.2. The van der Waals surface area contributed by atoms with Crippen LogP contribution in [0.4, 0.5) is 4.39 Å². The summed E-state index contributed by atoms with van der Waals surface area (Å²) in [6.07, 6.45) is -1.17. The number of ether oxygens (including phenoxy) is 1. The second kappa shape index (κ2) is 8.80. The van der Waals surface area contributed by atoms with E-state index in [1.807, 2.05) is 4.89 Å². The molecule has 0 aliphatic carbocycles. The van der Waals surface area contributed by atoms with Crippen LogP contribution in [0.2, 0.25) is 0 Å². The predicted octanol–water partition coefficient (Wildman–Crippen LogP) is -0.154. The first-order chi connectivity index (χ1) is 13.7. The lowest BCUT2D eigenvalue weighted by Crippen LogP contribution is -2.34. The zero-order valence-electron chi connectivity index (χ0n) is 14.9. The van der Waals surface area contributed by atoms with Crippen molar-refractivity contribution in [1.82, 2.24) is 14.4 Å². The number of aromatic nitrogens is 2. The van der Waals surface area contributed by atoms with E-state index in [1.165, 1.54) is 6.08 Å². The smallest absolute Gasteiger partial charge is 0.330 e. The van der Waals surface area contributed by atoms with Crippen LogP contribution in [0.3, 0.4) is 0 Å². The highest BCUT2D eigenvalue weighted by Crippen LogP contribution is 2.27. The van der Waals surface area contributed by atoms with Crippen molar-refractivity contribution in [2.75, 3.05) is 6.61 Å². The fourth-order valence-corrected chi connectivity index (χ4v) is 3.29. The number of H-pyrrole nitrogens is 1. The van der Waals surface area contributed by atoms with Crippen molar-refractivity contribution in [1.29, 1.82) is 0 Å². The van der Waals surface area contributed by atoms with Gasteiger partial charge in [-0.15, -0.1) is 0 Å². The van der Waals surface area contributed by atoms with Crippen molar-refractivity contribution >= 4 is 16.1 Å². The Morgan fingerprint density at radius 2 is 2.07 bits per heavy atom. The molecule has 29 heavy (non-hydrogen) atoms. The van der Waals surface area contributed by atoms with Crippen molar-refractivity contribution in [3.8, 4) is 0 Å². The normalized spacial score (nSPS) is 22.3. The third-order valence-electron chi connectivity index (χ3n) is 4.10. The van der Waals surface area contributed by atoms with Gasteiger partial charge in [-0.2, -0.15) is 4.39 Å². The summed E-state index contributed by atoms with van der Waals surface area (Å²) in [6, 6.07) is 8.74. The Bertz CT molecular complexity index is 1100. The number of rotatable bonds is 7. The molecule has 0 bridgehead atoms. The molecular formula is C17H18FN3O7S. The zero-order chi connectivity index (χ0) is 21.0. The van der Waals surface area contributed by atoms with E-state index in [2.05, 4.69) is 0 Å². The maximum atomic E-state index is 13.4. The minimum Gasteiger partial charge on any atom is -0.390 e. The SMILES string of the molecule is O=c1[nH]c(=O)n([C@H]2C[C@H](O)[C@@H](CONS(=O)(=O)/C=C/c3ccccc3)O2)cc1F. The highest BCUT2D eigenvalue weighted by molar-refractivity contribution is 7.92. The van der Waals surface area contributed by atoms with Gasteiger partial charge in [0.2, 0.25) is 5.82 Å². The molecule has 1 aliphatic heterocycles. The van der Waals surface area contributed by atoms with E-state index in [-0.39, 0.29) is 13.0 Å². The van der Waals surface area contributed by atoms with E-state index in [4.69, 9.17) is 9.57 Å². The summed E-state index contributed by atoms with van der Waals surface area (Å²) in [5, 5.41) is 11.0. The standard InChI is InChI=1S/C17H18FN3O7S/c18-12-9-21(17(24)19-16(12)23)15-8-13(22)14(28-15)10-27-20-29(25,26)7-6-11-4-2-1-3-5-11/h1-7,9,13-15,20,22H,8,10H2,(H,19,23,24)/b7-6+/t13-,14+,15+/m0/s1. The van der Waals surface area contributed by atoms with Gasteiger partial charge in [-0.1, -0.05) is 35.2 Å². The molecular weight excluding hydrogens is 409 g/mol. The summed E-state index contributed by atoms with van der Waals surface area (Å²) in [6.45, 7) is -0.364. The van der Waals surface area contributed by atoms with E-state index < -0.39 is 45.5 Å². The van der Waals surface area contributed by atoms with Crippen LogP contribution in [0.1, 0.15) is 18.2 Å². The highest BCUT2D eigenvalue weighted by atomic mass is 32.2. The number of aliphatic hydroxyl groups excluding tert-OH is 1. The van der Waals surface area contributed by atoms with Crippen LogP contribution in [-0.4, -0.2) is 41.9 Å². The van der Waals surface area contributed by atoms with Crippen LogP contribution >= 0.6 is 0 Å². The lowest BCUT2D eigenvalue weighted by molar-refractivity contribution is -0.0728. The van der Waals surface area contributed by atoms with Crippen molar-refractivity contribution in [3.63, 3.8) is 0 Å². The number of hydrogen-bond acceptors (Lipinski definition) is 7. The Labute approximate surface area is 164 Å². The van der Waals surface area contributed by atoms with Gasteiger partial charge >= 0.3 is 5.69 Å². The third kappa shape index (κ3) is 5.46. The van der Waals surface area contributed by atoms with Gasteiger partial charge in [0.15, 0.2) is 0 Å². The molecule has 0 radical (unpaired) electrons. The summed E-state index contributed by atoms with van der Waals surface area (Å²) in [5.41, 5.74) is -1.39. The number of aliphatic hydroxyl groups is 1. The molecule has 1 aliphatic rings. The number of hydrogen-bond donors (Lipinski definition) is 3. The maximum absolute atomic E-state index is 13.4. The molecule has 2 heterocycles. The van der Waals surface area contributed by atoms with E-state index in [0.29, 0.717) is 11.8 Å². The zero-order valence-corrected chi connectivity index (χ0v) is 15.7. The summed E-state index contributed by atoms with van der Waals surface area (Å²) in [7, 11) is -3.91. The summed E-state index contributed by atoms with van der Waals surface area (Å²) in [5.74, 6) is -1.18. The van der Waals surface area contributed by atoms with Gasteiger partial charge in [0, 0.05) is 11.8 Å². The molecule has 0 unspecified atom stereocenters. The summed E-state index contributed by atoms with van der Waals surface area (Å²) >= 11 is 0. The number of benzene rings is 1. The van der Waals surface area contributed by atoms with Gasteiger partial charge in [-0.3, -0.25) is 19.2 Å². The highest BCUT2D eigenvalue weighted by Gasteiger charge is 2.36. The first kappa shape index (κ1) is 21.1. The second-order valence-electron chi connectivity index (χ2n) is 6.23. The molecule has 156 valence electrons. The monoisotopic (exact) mass is 427 g/mol. The van der Waals surface area contributed by atoms with E-state index >= 15 is 0 Å². The Kier molecular flexibility index (Phi) is 6.39. The number of nitrogens with one attached hydrogen (secondary N) is 2. The van der Waals surface area contributed by atoms with Gasteiger partial charge in [0.05, 0.1) is 18.9 Å². The van der Waals surface area contributed by atoms with Gasteiger partial charge in [0.1, 0.15) is 12.3 Å². The van der Waals surface area contributed by atoms with Crippen LogP contribution in [0.5, 0.6) is 0 Å². The molecule has 1 aromatic heterocycles. The van der Waals surface area contributed by atoms with Crippen molar-refractivity contribution < 1.29 is 27.5 Å². The largest absolute Gasteiger partial charge is 0.390 e. The van der Waals surface area contributed by atoms with Crippen LogP contribution in [0.15, 0.2) is 51.5 Å². The first-order valence-corrected chi connectivity index (χ1v) is 10.0. The molecule has 0 saturated carbocycles. The molecule has 3 rings (SSSR count). The molecule has 1 saturated heterocycles. The molecule has 1 aromatic carbocycles. The van der Waals surface area contributed by atoms with Crippen molar-refractivity contribution in [2.45, 2.75) is 24.9 Å². The van der Waals surface area contributed by atoms with Crippen LogP contribution < -0.4 is 16.1 Å². The van der Waals surface area contributed by atoms with E-state index in [1.54, 1.807) is 35.3 Å². The van der Waals surface area contributed by atoms with Gasteiger partial charge < -0.3 is 9.84 Å². The average molecular weight is 427 g/mol. The minimum absolute atomic E-state index is 0.0833. The average Bonchev–Trinajstić information content (AvgIpc) is 3.04. The van der Waals surface area contributed by atoms with Gasteiger partial charge in [-0.05, 0) is 11.6 Å². The van der Waals surface area contributed by atoms with Gasteiger partial charge in [0.25, 0.3) is 15.6 Å². The second-order valence-corrected chi connectivity index (χ2v) is 7.76. The fourth-order valence-electron chi connectivity index (χ4n) is 2.67. The van der Waals surface area contributed by atoms with Crippen LogP contribution in [-0.2, 0) is 19.6 Å². The van der Waals surface area contributed by atoms with Crippen LogP contribution in [0.25, 0.3) is 6.08 Å². The number of sulfonamides is 1. The molecule has 0 spiro atoms. The maximum Gasteiger partial charge on any atom is 0.330 e. The van der Waals surface area contributed by atoms with Crippen molar-refractivity contribution in [3.05, 3.63) is 74.2 Å². The predicted molar refractivity (Wildman–Crippen MR) is 99.3 cm³/mol. The Morgan fingerprint density at radius 3 is 2.79 bits per heavy atom. The summed E-state index contributed by atoms with van der Waals surface area (Å²) < 4.78 is 43.5. The lowest BCUT2D eigenvalue weighted by Gasteiger charge is -2.15.